The van der Waals surface area contributed by atoms with E-state index >= 15 is 0 Å². The number of esters is 1. The lowest BCUT2D eigenvalue weighted by Crippen LogP contribution is -2.36. The van der Waals surface area contributed by atoms with Crippen molar-refractivity contribution in [2.75, 3.05) is 6.61 Å². The largest absolute Gasteiger partial charge is 0.461 e. The van der Waals surface area contributed by atoms with Crippen LogP contribution in [0.2, 0.25) is 0 Å². The van der Waals surface area contributed by atoms with Gasteiger partial charge in [0.05, 0.1) is 18.1 Å². The van der Waals surface area contributed by atoms with Crippen LogP contribution in [0.25, 0.3) is 0 Å². The molecule has 184 valence electrons. The van der Waals surface area contributed by atoms with E-state index in [0.29, 0.717) is 54.6 Å². The molecule has 0 amide bonds. The highest BCUT2D eigenvalue weighted by Gasteiger charge is 2.50. The maximum atomic E-state index is 11.5. The van der Waals surface area contributed by atoms with Gasteiger partial charge in [-0.15, -0.1) is 5.92 Å². The van der Waals surface area contributed by atoms with Gasteiger partial charge in [-0.2, -0.15) is 0 Å². The minimum absolute atomic E-state index is 0.0770. The Bertz CT molecular complexity index is 960. The lowest BCUT2D eigenvalue weighted by Gasteiger charge is -2.44. The molecule has 0 radical (unpaired) electrons. The molecular formula is C30H40O4. The van der Waals surface area contributed by atoms with Crippen molar-refractivity contribution in [1.29, 1.82) is 0 Å². The molecule has 4 heteroatoms. The third kappa shape index (κ3) is 5.11. The highest BCUT2D eigenvalue weighted by Crippen LogP contribution is 2.59. The van der Waals surface area contributed by atoms with E-state index in [1.54, 1.807) is 0 Å². The lowest BCUT2D eigenvalue weighted by molar-refractivity contribution is -0.142. The van der Waals surface area contributed by atoms with Crippen LogP contribution in [0.5, 0.6) is 0 Å². The summed E-state index contributed by atoms with van der Waals surface area (Å²) in [6, 6.07) is 0. The molecule has 4 rings (SSSR count). The van der Waals surface area contributed by atoms with Crippen LogP contribution >= 0.6 is 0 Å². The second kappa shape index (κ2) is 10.3. The summed E-state index contributed by atoms with van der Waals surface area (Å²) >= 11 is 0. The minimum Gasteiger partial charge on any atom is -0.461 e. The quantitative estimate of drug-likeness (QED) is 0.339. The minimum atomic E-state index is -0.637. The van der Waals surface area contributed by atoms with E-state index in [1.807, 2.05) is 0 Å². The van der Waals surface area contributed by atoms with Gasteiger partial charge in [0.2, 0.25) is 0 Å². The summed E-state index contributed by atoms with van der Waals surface area (Å²) in [6.07, 6.45) is 11.8. The van der Waals surface area contributed by atoms with Crippen LogP contribution in [0, 0.1) is 40.9 Å². The number of fused-ring (bicyclic) bond motifs is 1. The molecule has 0 aromatic carbocycles. The number of carbonyl (C=O) groups is 1. The number of hydrogen-bond acceptors (Lipinski definition) is 4. The van der Waals surface area contributed by atoms with Crippen molar-refractivity contribution in [2.24, 2.45) is 29.1 Å². The van der Waals surface area contributed by atoms with Crippen LogP contribution in [0.3, 0.4) is 0 Å². The molecule has 4 nitrogen and oxygen atoms in total. The van der Waals surface area contributed by atoms with Crippen molar-refractivity contribution in [3.05, 3.63) is 47.6 Å². The van der Waals surface area contributed by atoms with E-state index in [1.165, 1.54) is 31.3 Å². The molecule has 1 saturated heterocycles. The van der Waals surface area contributed by atoms with E-state index in [-0.39, 0.29) is 11.9 Å². The van der Waals surface area contributed by atoms with E-state index in [0.717, 1.165) is 24.0 Å². The van der Waals surface area contributed by atoms with Gasteiger partial charge >= 0.3 is 5.97 Å². The van der Waals surface area contributed by atoms with Crippen molar-refractivity contribution in [1.82, 2.24) is 0 Å². The van der Waals surface area contributed by atoms with Crippen LogP contribution in [0.15, 0.2) is 47.6 Å². The van der Waals surface area contributed by atoms with Gasteiger partial charge in [-0.25, -0.2) is 4.79 Å². The van der Waals surface area contributed by atoms with Crippen molar-refractivity contribution in [2.45, 2.75) is 83.8 Å². The second-order valence-corrected chi connectivity index (χ2v) is 11.3. The summed E-state index contributed by atoms with van der Waals surface area (Å²) in [6.45, 7) is 13.1. The predicted octanol–water partition coefficient (Wildman–Crippen LogP) is 5.28. The average molecular weight is 465 g/mol. The Balaban J connectivity index is 1.42. The Kier molecular flexibility index (Phi) is 7.55. The number of aliphatic hydroxyl groups is 2. The molecule has 2 unspecified atom stereocenters. The summed E-state index contributed by atoms with van der Waals surface area (Å²) in [4.78, 5) is 11.5. The summed E-state index contributed by atoms with van der Waals surface area (Å²) in [5.41, 5.74) is 4.09. The molecule has 0 aromatic heterocycles. The molecule has 0 aromatic rings. The number of allylic oxidation sites excluding steroid dienone is 3. The summed E-state index contributed by atoms with van der Waals surface area (Å²) in [5, 5.41) is 20.2. The maximum absolute atomic E-state index is 11.5. The zero-order valence-electron chi connectivity index (χ0n) is 20.8. The average Bonchev–Trinajstić information content (AvgIpc) is 3.15. The van der Waals surface area contributed by atoms with Crippen LogP contribution < -0.4 is 0 Å². The number of ether oxygens (including phenoxy) is 1. The fourth-order valence-corrected chi connectivity index (χ4v) is 7.00. The number of cyclic esters (lactones) is 1. The zero-order valence-corrected chi connectivity index (χ0v) is 20.8. The van der Waals surface area contributed by atoms with Gasteiger partial charge in [-0.3, -0.25) is 0 Å². The van der Waals surface area contributed by atoms with E-state index < -0.39 is 12.2 Å². The Morgan fingerprint density at radius 1 is 1.24 bits per heavy atom. The fourth-order valence-electron chi connectivity index (χ4n) is 7.00. The molecule has 4 aliphatic rings. The molecule has 34 heavy (non-hydrogen) atoms. The molecule has 1 aliphatic heterocycles. The standard InChI is InChI=1S/C30H40O4/c1-19(7-5-8-22-15-20(2)29(33)34-18-22)26-12-13-27-23(9-6-14-30(26,27)4)10-11-24-16-25(31)17-28(32)21(24)3/h10-11,19,22,25-28,31-32H,2-3,6-7,9,12-18H2,1,4H3/b23-10+,24-11-/t19-,22?,25-,26-,27?,28+,30-/m1/s1. The third-order valence-corrected chi connectivity index (χ3v) is 8.92. The Morgan fingerprint density at radius 2 is 2.03 bits per heavy atom. The van der Waals surface area contributed by atoms with Crippen LogP contribution in [-0.2, 0) is 9.53 Å². The van der Waals surface area contributed by atoms with E-state index in [4.69, 9.17) is 4.74 Å². The SMILES string of the molecule is C=C1CC(C#CC[C@@H](C)[C@H]2CCC3/C(=C/C=C4/C[C@@H](O)C[C@H](O)C4=C)CCC[C@@]32C)COC1=O. The fraction of sp³-hybridized carbons (Fsp3) is 0.633. The first-order valence-corrected chi connectivity index (χ1v) is 13.0. The highest BCUT2D eigenvalue weighted by atomic mass is 16.5. The molecule has 3 saturated carbocycles. The number of rotatable bonds is 3. The molecular weight excluding hydrogens is 424 g/mol. The van der Waals surface area contributed by atoms with Crippen LogP contribution in [-0.4, -0.2) is 35.0 Å². The third-order valence-electron chi connectivity index (χ3n) is 8.92. The van der Waals surface area contributed by atoms with Crippen molar-refractivity contribution in [3.63, 3.8) is 0 Å². The topological polar surface area (TPSA) is 66.8 Å². The maximum Gasteiger partial charge on any atom is 0.333 e. The predicted molar refractivity (Wildman–Crippen MR) is 134 cm³/mol. The van der Waals surface area contributed by atoms with Gasteiger partial charge < -0.3 is 14.9 Å². The van der Waals surface area contributed by atoms with Crippen molar-refractivity contribution in [3.8, 4) is 11.8 Å². The molecule has 7 atom stereocenters. The first kappa shape index (κ1) is 25.0. The zero-order chi connectivity index (χ0) is 24.5. The smallest absolute Gasteiger partial charge is 0.333 e. The van der Waals surface area contributed by atoms with Gasteiger partial charge in [-0.1, -0.05) is 50.7 Å². The number of carbonyl (C=O) groups excluding carboxylic acids is 1. The van der Waals surface area contributed by atoms with Gasteiger partial charge in [0.25, 0.3) is 0 Å². The Labute approximate surface area is 204 Å². The van der Waals surface area contributed by atoms with Gasteiger partial charge in [0, 0.05) is 18.4 Å². The number of aliphatic hydroxyl groups excluding tert-OH is 2. The van der Waals surface area contributed by atoms with E-state index in [9.17, 15) is 15.0 Å². The summed E-state index contributed by atoms with van der Waals surface area (Å²) in [5.74, 6) is 8.30. The Morgan fingerprint density at radius 3 is 2.79 bits per heavy atom. The molecule has 3 aliphatic carbocycles. The van der Waals surface area contributed by atoms with E-state index in [2.05, 4.69) is 51.0 Å². The normalized spacial score (nSPS) is 39.4. The summed E-state index contributed by atoms with van der Waals surface area (Å²) in [7, 11) is 0. The van der Waals surface area contributed by atoms with Crippen molar-refractivity contribution >= 4 is 5.97 Å². The number of hydrogen-bond donors (Lipinski definition) is 2. The van der Waals surface area contributed by atoms with Crippen LogP contribution in [0.4, 0.5) is 0 Å². The highest BCUT2D eigenvalue weighted by molar-refractivity contribution is 5.88. The molecule has 0 spiro atoms. The Hall–Kier alpha value is -2.09. The molecule has 4 fully saturated rings. The van der Waals surface area contributed by atoms with Crippen molar-refractivity contribution < 1.29 is 19.7 Å². The lowest BCUT2D eigenvalue weighted by atomic mass is 9.61. The molecule has 2 N–H and O–H groups in total. The van der Waals surface area contributed by atoms with Gasteiger partial charge in [0.15, 0.2) is 0 Å². The van der Waals surface area contributed by atoms with Crippen LogP contribution in [0.1, 0.15) is 71.6 Å². The monoisotopic (exact) mass is 464 g/mol. The first-order valence-electron chi connectivity index (χ1n) is 13.0. The first-order chi connectivity index (χ1) is 16.2. The second-order valence-electron chi connectivity index (χ2n) is 11.3. The van der Waals surface area contributed by atoms with Gasteiger partial charge in [0.1, 0.15) is 6.61 Å². The molecule has 0 bridgehead atoms. The van der Waals surface area contributed by atoms with Gasteiger partial charge in [-0.05, 0) is 79.3 Å². The molecule has 1 heterocycles. The summed E-state index contributed by atoms with van der Waals surface area (Å²) < 4.78 is 5.16.